The number of hydrogen-bond donors (Lipinski definition) is 1. The fourth-order valence-electron chi connectivity index (χ4n) is 3.42. The first-order valence-corrected chi connectivity index (χ1v) is 11.6. The fourth-order valence-corrected chi connectivity index (χ4v) is 4.71. The number of aryl methyl sites for hydroxylation is 2. The Morgan fingerprint density at radius 1 is 1.06 bits per heavy atom. The molecule has 1 aliphatic rings. The highest BCUT2D eigenvalue weighted by Gasteiger charge is 2.33. The van der Waals surface area contributed by atoms with Crippen molar-refractivity contribution in [1.29, 1.82) is 0 Å². The second kappa shape index (κ2) is 10.0. The van der Waals surface area contributed by atoms with Gasteiger partial charge >= 0.3 is 0 Å². The van der Waals surface area contributed by atoms with Gasteiger partial charge in [-0.1, -0.05) is 78.1 Å². The molecule has 1 aliphatic heterocycles. The van der Waals surface area contributed by atoms with E-state index < -0.39 is 0 Å². The minimum absolute atomic E-state index is 0.150. The van der Waals surface area contributed by atoms with Crippen LogP contribution < -0.4 is 15.0 Å². The maximum absolute atomic E-state index is 13.0. The zero-order valence-electron chi connectivity index (χ0n) is 18.2. The predicted octanol–water partition coefficient (Wildman–Crippen LogP) is 5.73. The minimum atomic E-state index is -0.257. The molecule has 0 saturated carbocycles. The molecule has 7 heteroatoms. The Labute approximate surface area is 202 Å². The van der Waals surface area contributed by atoms with Crippen LogP contribution in [0.2, 0.25) is 0 Å². The molecule has 1 N–H and O–H groups in total. The van der Waals surface area contributed by atoms with E-state index in [1.165, 1.54) is 16.7 Å². The molecule has 0 aliphatic carbocycles. The van der Waals surface area contributed by atoms with E-state index in [9.17, 15) is 9.59 Å². The monoisotopic (exact) mass is 474 g/mol. The highest BCUT2D eigenvalue weighted by molar-refractivity contribution is 8.27. The third-order valence-corrected chi connectivity index (χ3v) is 6.33. The largest absolute Gasteiger partial charge is 0.483 e. The van der Waals surface area contributed by atoms with Crippen molar-refractivity contribution in [1.82, 2.24) is 0 Å². The molecule has 3 aromatic carbocycles. The number of carbonyl (C=O) groups is 2. The molecule has 33 heavy (non-hydrogen) atoms. The number of anilines is 2. The molecule has 1 fully saturated rings. The summed E-state index contributed by atoms with van der Waals surface area (Å²) in [5.41, 5.74) is 4.31. The quantitative estimate of drug-likeness (QED) is 0.365. The van der Waals surface area contributed by atoms with Crippen LogP contribution in [-0.2, 0) is 9.59 Å². The van der Waals surface area contributed by atoms with Crippen molar-refractivity contribution in [3.05, 3.63) is 94.4 Å². The number of thiocarbonyl (C=S) groups is 1. The summed E-state index contributed by atoms with van der Waals surface area (Å²) in [6, 6.07) is 22.4. The second-order valence-corrected chi connectivity index (χ2v) is 9.22. The molecule has 0 radical (unpaired) electrons. The first-order chi connectivity index (χ1) is 15.9. The van der Waals surface area contributed by atoms with Crippen LogP contribution >= 0.6 is 24.0 Å². The lowest BCUT2D eigenvalue weighted by Crippen LogP contribution is -2.27. The van der Waals surface area contributed by atoms with Crippen molar-refractivity contribution in [2.24, 2.45) is 0 Å². The second-order valence-electron chi connectivity index (χ2n) is 7.55. The van der Waals surface area contributed by atoms with Crippen LogP contribution in [0.3, 0.4) is 0 Å². The Bertz CT molecular complexity index is 1260. The maximum Gasteiger partial charge on any atom is 0.270 e. The summed E-state index contributed by atoms with van der Waals surface area (Å²) in [4.78, 5) is 27.5. The summed E-state index contributed by atoms with van der Waals surface area (Å²) in [6.07, 6.45) is 1.75. The highest BCUT2D eigenvalue weighted by atomic mass is 32.2. The van der Waals surface area contributed by atoms with Crippen LogP contribution in [0.25, 0.3) is 6.08 Å². The minimum Gasteiger partial charge on any atom is -0.483 e. The molecule has 4 rings (SSSR count). The maximum atomic E-state index is 13.0. The third-order valence-electron chi connectivity index (χ3n) is 5.03. The number of hydrogen-bond acceptors (Lipinski definition) is 5. The van der Waals surface area contributed by atoms with E-state index in [-0.39, 0.29) is 18.4 Å². The lowest BCUT2D eigenvalue weighted by molar-refractivity contribution is -0.118. The van der Waals surface area contributed by atoms with E-state index in [1.807, 2.05) is 80.6 Å². The van der Waals surface area contributed by atoms with Gasteiger partial charge in [-0.25, -0.2) is 0 Å². The molecule has 166 valence electrons. The average Bonchev–Trinajstić information content (AvgIpc) is 3.08. The normalized spacial score (nSPS) is 14.6. The summed E-state index contributed by atoms with van der Waals surface area (Å²) in [6.45, 7) is 3.81. The van der Waals surface area contributed by atoms with Crippen LogP contribution in [-0.4, -0.2) is 22.7 Å². The summed E-state index contributed by atoms with van der Waals surface area (Å²) in [7, 11) is 0. The number of ether oxygens (including phenoxy) is 1. The van der Waals surface area contributed by atoms with Gasteiger partial charge in [-0.15, -0.1) is 0 Å². The number of thioether (sulfide) groups is 1. The van der Waals surface area contributed by atoms with Crippen molar-refractivity contribution < 1.29 is 14.3 Å². The van der Waals surface area contributed by atoms with Gasteiger partial charge in [0.2, 0.25) is 0 Å². The van der Waals surface area contributed by atoms with Crippen LogP contribution in [0, 0.1) is 13.8 Å². The third kappa shape index (κ3) is 5.32. The van der Waals surface area contributed by atoms with Gasteiger partial charge in [-0.05, 0) is 49.8 Å². The fraction of sp³-hybridized carbons (Fsp3) is 0.115. The Kier molecular flexibility index (Phi) is 6.91. The van der Waals surface area contributed by atoms with E-state index >= 15 is 0 Å². The van der Waals surface area contributed by atoms with E-state index in [1.54, 1.807) is 12.1 Å². The molecule has 0 atom stereocenters. The molecule has 3 aromatic rings. The molecular formula is C26H22N2O3S2. The van der Waals surface area contributed by atoms with E-state index in [2.05, 4.69) is 5.32 Å². The standard InChI is InChI=1S/C26H22N2O3S2/c1-17-12-13-21(18(2)14-17)27-24(29)16-31-22-11-7-6-8-19(22)15-23-25(30)28(26(32)33-23)20-9-4-3-5-10-20/h3-15H,16H2,1-2H3,(H,27,29)/b23-15-. The smallest absolute Gasteiger partial charge is 0.270 e. The van der Waals surface area contributed by atoms with Gasteiger partial charge in [0.1, 0.15) is 5.75 Å². The summed E-state index contributed by atoms with van der Waals surface area (Å²) < 4.78 is 6.27. The zero-order valence-corrected chi connectivity index (χ0v) is 19.8. The molecule has 5 nitrogen and oxygen atoms in total. The van der Waals surface area contributed by atoms with Crippen molar-refractivity contribution in [3.8, 4) is 5.75 Å². The van der Waals surface area contributed by atoms with E-state index in [4.69, 9.17) is 17.0 Å². The molecular weight excluding hydrogens is 452 g/mol. The van der Waals surface area contributed by atoms with Crippen LogP contribution in [0.4, 0.5) is 11.4 Å². The van der Waals surface area contributed by atoms with Crippen molar-refractivity contribution in [3.63, 3.8) is 0 Å². The topological polar surface area (TPSA) is 58.6 Å². The van der Waals surface area contributed by atoms with Crippen LogP contribution in [0.15, 0.2) is 77.7 Å². The number of benzene rings is 3. The number of carbonyl (C=O) groups excluding carboxylic acids is 2. The molecule has 2 amide bonds. The lowest BCUT2D eigenvalue weighted by Gasteiger charge is -2.14. The number of amides is 2. The van der Waals surface area contributed by atoms with Crippen LogP contribution in [0.5, 0.6) is 5.75 Å². The van der Waals surface area contributed by atoms with Gasteiger partial charge in [-0.2, -0.15) is 0 Å². The molecule has 1 saturated heterocycles. The molecule has 1 heterocycles. The number of rotatable bonds is 6. The van der Waals surface area contributed by atoms with Gasteiger partial charge < -0.3 is 10.1 Å². The Morgan fingerprint density at radius 2 is 1.79 bits per heavy atom. The summed E-state index contributed by atoms with van der Waals surface area (Å²) >= 11 is 6.68. The van der Waals surface area contributed by atoms with Gasteiger partial charge in [0.05, 0.1) is 10.6 Å². The number of para-hydroxylation sites is 2. The van der Waals surface area contributed by atoms with Gasteiger partial charge in [0.15, 0.2) is 10.9 Å². The first-order valence-electron chi connectivity index (χ1n) is 10.3. The Hall–Kier alpha value is -3.42. The van der Waals surface area contributed by atoms with E-state index in [0.29, 0.717) is 20.5 Å². The van der Waals surface area contributed by atoms with Crippen molar-refractivity contribution >= 4 is 57.6 Å². The van der Waals surface area contributed by atoms with Gasteiger partial charge in [-0.3, -0.25) is 14.5 Å². The Balaban J connectivity index is 1.47. The Morgan fingerprint density at radius 3 is 2.55 bits per heavy atom. The number of nitrogens with zero attached hydrogens (tertiary/aromatic N) is 1. The van der Waals surface area contributed by atoms with Crippen LogP contribution in [0.1, 0.15) is 16.7 Å². The molecule has 0 bridgehead atoms. The zero-order chi connectivity index (χ0) is 23.4. The summed E-state index contributed by atoms with van der Waals surface area (Å²) in [5.74, 6) is 0.0732. The first kappa shape index (κ1) is 22.8. The molecule has 0 spiro atoms. The lowest BCUT2D eigenvalue weighted by atomic mass is 10.1. The van der Waals surface area contributed by atoms with Crippen molar-refractivity contribution in [2.75, 3.05) is 16.8 Å². The highest BCUT2D eigenvalue weighted by Crippen LogP contribution is 2.37. The summed E-state index contributed by atoms with van der Waals surface area (Å²) in [5, 5.41) is 2.88. The SMILES string of the molecule is Cc1ccc(NC(=O)COc2ccccc2/C=C2\SC(=S)N(c3ccccc3)C2=O)c(C)c1. The predicted molar refractivity (Wildman–Crippen MR) is 139 cm³/mol. The molecule has 0 unspecified atom stereocenters. The number of nitrogens with one attached hydrogen (secondary N) is 1. The average molecular weight is 475 g/mol. The van der Waals surface area contributed by atoms with Crippen molar-refractivity contribution in [2.45, 2.75) is 13.8 Å². The van der Waals surface area contributed by atoms with Gasteiger partial charge in [0.25, 0.3) is 11.8 Å². The molecule has 0 aromatic heterocycles. The van der Waals surface area contributed by atoms with Gasteiger partial charge in [0, 0.05) is 11.3 Å². The van der Waals surface area contributed by atoms with E-state index in [0.717, 1.165) is 22.5 Å².